The van der Waals surface area contributed by atoms with E-state index in [1.54, 1.807) is 0 Å². The molecule has 0 aliphatic carbocycles. The molecule has 0 aromatic rings. The van der Waals surface area contributed by atoms with Gasteiger partial charge in [-0.15, -0.1) is 0 Å². The summed E-state index contributed by atoms with van der Waals surface area (Å²) in [5.74, 6) is 1.02. The number of halogens is 2. The molecule has 1 unspecified atom stereocenters. The lowest BCUT2D eigenvalue weighted by Crippen LogP contribution is -2.28. The van der Waals surface area contributed by atoms with E-state index in [0.29, 0.717) is 18.4 Å². The van der Waals surface area contributed by atoms with Crippen LogP contribution in [-0.4, -0.2) is 19.5 Å². The first-order valence-corrected chi connectivity index (χ1v) is 4.03. The van der Waals surface area contributed by atoms with Crippen LogP contribution in [0.15, 0.2) is 0 Å². The summed E-state index contributed by atoms with van der Waals surface area (Å²) in [5.41, 5.74) is 0. The molecule has 0 saturated heterocycles. The fourth-order valence-electron chi connectivity index (χ4n) is 0.656. The number of hydrogen-bond acceptors (Lipinski definition) is 1. The third kappa shape index (κ3) is 6.23. The monoisotopic (exact) mass is 165 g/mol. The third-order valence-corrected chi connectivity index (χ3v) is 1.90. The molecule has 0 aliphatic heterocycles. The summed E-state index contributed by atoms with van der Waals surface area (Å²) >= 11 is 0. The van der Waals surface area contributed by atoms with Crippen LogP contribution in [0.25, 0.3) is 0 Å². The lowest BCUT2D eigenvalue weighted by atomic mass is 9.98. The molecular formula is C8H17F2N. The Morgan fingerprint density at radius 2 is 1.64 bits per heavy atom. The molecule has 0 amide bonds. The normalized spacial score (nSPS) is 14.5. The van der Waals surface area contributed by atoms with Crippen molar-refractivity contribution >= 4 is 0 Å². The highest BCUT2D eigenvalue weighted by Crippen LogP contribution is 2.07. The van der Waals surface area contributed by atoms with Crippen LogP contribution in [0.4, 0.5) is 8.78 Å². The average Bonchev–Trinajstić information content (AvgIpc) is 1.86. The Hall–Kier alpha value is -0.180. The Kier molecular flexibility index (Phi) is 5.38. The predicted molar refractivity (Wildman–Crippen MR) is 42.9 cm³/mol. The quantitative estimate of drug-likeness (QED) is 0.658. The molecule has 68 valence electrons. The maximum atomic E-state index is 11.6. The van der Waals surface area contributed by atoms with Crippen LogP contribution in [0.3, 0.4) is 0 Å². The predicted octanol–water partition coefficient (Wildman–Crippen LogP) is 2.13. The van der Waals surface area contributed by atoms with E-state index in [2.05, 4.69) is 26.1 Å². The molecule has 3 heteroatoms. The van der Waals surface area contributed by atoms with Gasteiger partial charge in [0.15, 0.2) is 0 Å². The zero-order valence-electron chi connectivity index (χ0n) is 7.40. The molecule has 0 radical (unpaired) electrons. The van der Waals surface area contributed by atoms with Gasteiger partial charge in [-0.25, -0.2) is 8.78 Å². The maximum Gasteiger partial charge on any atom is 0.250 e. The van der Waals surface area contributed by atoms with Gasteiger partial charge in [0.25, 0.3) is 6.43 Å². The first-order valence-electron chi connectivity index (χ1n) is 4.03. The van der Waals surface area contributed by atoms with Gasteiger partial charge in [-0.3, -0.25) is 0 Å². The van der Waals surface area contributed by atoms with Gasteiger partial charge in [0.1, 0.15) is 0 Å². The van der Waals surface area contributed by atoms with Crippen LogP contribution >= 0.6 is 0 Å². The van der Waals surface area contributed by atoms with E-state index in [9.17, 15) is 8.78 Å². The summed E-state index contributed by atoms with van der Waals surface area (Å²) in [5, 5.41) is 2.72. The van der Waals surface area contributed by atoms with Crippen LogP contribution in [0.1, 0.15) is 20.8 Å². The number of alkyl halides is 2. The van der Waals surface area contributed by atoms with Crippen LogP contribution < -0.4 is 5.32 Å². The molecule has 0 fully saturated rings. The maximum absolute atomic E-state index is 11.6. The molecule has 0 heterocycles. The first-order chi connectivity index (χ1) is 5.04. The van der Waals surface area contributed by atoms with Crippen molar-refractivity contribution in [3.8, 4) is 0 Å². The van der Waals surface area contributed by atoms with Gasteiger partial charge >= 0.3 is 0 Å². The lowest BCUT2D eigenvalue weighted by molar-refractivity contribution is 0.143. The second-order valence-corrected chi connectivity index (χ2v) is 3.27. The van der Waals surface area contributed by atoms with Gasteiger partial charge < -0.3 is 5.32 Å². The van der Waals surface area contributed by atoms with Crippen molar-refractivity contribution in [2.75, 3.05) is 13.1 Å². The van der Waals surface area contributed by atoms with Gasteiger partial charge in [0.2, 0.25) is 0 Å². The topological polar surface area (TPSA) is 12.0 Å². The zero-order chi connectivity index (χ0) is 8.85. The van der Waals surface area contributed by atoms with E-state index in [1.807, 2.05) is 0 Å². The van der Waals surface area contributed by atoms with Gasteiger partial charge in [-0.05, 0) is 18.4 Å². The second-order valence-electron chi connectivity index (χ2n) is 3.27. The van der Waals surface area contributed by atoms with Gasteiger partial charge in [0, 0.05) is 0 Å². The fourth-order valence-corrected chi connectivity index (χ4v) is 0.656. The summed E-state index contributed by atoms with van der Waals surface area (Å²) in [6.07, 6.45) is -2.23. The van der Waals surface area contributed by atoms with Crippen molar-refractivity contribution in [1.29, 1.82) is 0 Å². The summed E-state index contributed by atoms with van der Waals surface area (Å²) < 4.78 is 23.2. The molecular weight excluding hydrogens is 148 g/mol. The van der Waals surface area contributed by atoms with Gasteiger partial charge in [0.05, 0.1) is 6.54 Å². The number of hydrogen-bond donors (Lipinski definition) is 1. The van der Waals surface area contributed by atoms with E-state index in [-0.39, 0.29) is 6.54 Å². The fraction of sp³-hybridized carbons (Fsp3) is 1.00. The zero-order valence-corrected chi connectivity index (χ0v) is 7.40. The van der Waals surface area contributed by atoms with Gasteiger partial charge in [-0.2, -0.15) is 0 Å². The SMILES string of the molecule is CC(C)C(C)CNCC(F)F. The summed E-state index contributed by atoms with van der Waals surface area (Å²) in [6.45, 7) is 6.74. The van der Waals surface area contributed by atoms with Crippen molar-refractivity contribution in [1.82, 2.24) is 5.32 Å². The Morgan fingerprint density at radius 3 is 2.00 bits per heavy atom. The molecule has 1 N–H and O–H groups in total. The third-order valence-electron chi connectivity index (χ3n) is 1.90. The van der Waals surface area contributed by atoms with Crippen molar-refractivity contribution in [3.63, 3.8) is 0 Å². The minimum Gasteiger partial charge on any atom is -0.311 e. The smallest absolute Gasteiger partial charge is 0.250 e. The highest BCUT2D eigenvalue weighted by molar-refractivity contribution is 4.60. The Bertz CT molecular complexity index is 94.1. The molecule has 1 atom stereocenters. The van der Waals surface area contributed by atoms with E-state index in [0.717, 1.165) is 0 Å². The van der Waals surface area contributed by atoms with E-state index < -0.39 is 6.43 Å². The number of rotatable bonds is 5. The Labute approximate surface area is 67.2 Å². The van der Waals surface area contributed by atoms with Crippen molar-refractivity contribution in [3.05, 3.63) is 0 Å². The minimum absolute atomic E-state index is 0.183. The molecule has 11 heavy (non-hydrogen) atoms. The summed E-state index contributed by atoms with van der Waals surface area (Å²) in [7, 11) is 0. The second kappa shape index (κ2) is 5.47. The molecule has 0 aliphatic rings. The number of nitrogens with one attached hydrogen (secondary N) is 1. The first kappa shape index (κ1) is 10.8. The molecule has 1 nitrogen and oxygen atoms in total. The van der Waals surface area contributed by atoms with E-state index in [4.69, 9.17) is 0 Å². The van der Waals surface area contributed by atoms with Crippen LogP contribution in [-0.2, 0) is 0 Å². The molecule has 0 spiro atoms. The van der Waals surface area contributed by atoms with Gasteiger partial charge in [-0.1, -0.05) is 20.8 Å². The standard InChI is InChI=1S/C8H17F2N/c1-6(2)7(3)4-11-5-8(9)10/h6-8,11H,4-5H2,1-3H3. The largest absolute Gasteiger partial charge is 0.311 e. The molecule has 0 rings (SSSR count). The Balaban J connectivity index is 3.24. The van der Waals surface area contributed by atoms with Crippen molar-refractivity contribution in [2.24, 2.45) is 11.8 Å². The molecule has 0 saturated carbocycles. The summed E-state index contributed by atoms with van der Waals surface area (Å²) in [6, 6.07) is 0. The highest BCUT2D eigenvalue weighted by atomic mass is 19.3. The Morgan fingerprint density at radius 1 is 1.09 bits per heavy atom. The van der Waals surface area contributed by atoms with Crippen LogP contribution in [0.2, 0.25) is 0 Å². The minimum atomic E-state index is -2.23. The van der Waals surface area contributed by atoms with Crippen molar-refractivity contribution in [2.45, 2.75) is 27.2 Å². The lowest BCUT2D eigenvalue weighted by Gasteiger charge is -2.15. The van der Waals surface area contributed by atoms with E-state index in [1.165, 1.54) is 0 Å². The van der Waals surface area contributed by atoms with E-state index >= 15 is 0 Å². The highest BCUT2D eigenvalue weighted by Gasteiger charge is 2.07. The molecule has 0 aromatic carbocycles. The van der Waals surface area contributed by atoms with Crippen molar-refractivity contribution < 1.29 is 8.78 Å². The van der Waals surface area contributed by atoms with Crippen LogP contribution in [0.5, 0.6) is 0 Å². The average molecular weight is 165 g/mol. The molecule has 0 bridgehead atoms. The molecule has 0 aromatic heterocycles. The summed E-state index contributed by atoms with van der Waals surface area (Å²) in [4.78, 5) is 0. The van der Waals surface area contributed by atoms with Crippen LogP contribution in [0, 0.1) is 11.8 Å².